The molecule has 0 N–H and O–H groups in total. The van der Waals surface area contributed by atoms with Gasteiger partial charge < -0.3 is 9.47 Å². The van der Waals surface area contributed by atoms with E-state index in [0.717, 1.165) is 47.2 Å². The Bertz CT molecular complexity index is 943. The summed E-state index contributed by atoms with van der Waals surface area (Å²) in [5.74, 6) is 1.60. The summed E-state index contributed by atoms with van der Waals surface area (Å²) < 4.78 is 11.9. The van der Waals surface area contributed by atoms with Crippen LogP contribution in [0.1, 0.15) is 37.7 Å². The summed E-state index contributed by atoms with van der Waals surface area (Å²) in [4.78, 5) is 24.3. The average molecular weight is 412 g/mol. The second-order valence-electron chi connectivity index (χ2n) is 7.26. The number of fused-ring (bicyclic) bond motifs is 1. The molecule has 1 fully saturated rings. The average Bonchev–Trinajstić information content (AvgIpc) is 3.23. The van der Waals surface area contributed by atoms with Gasteiger partial charge in [0.05, 0.1) is 20.8 Å². The molecule has 6 nitrogen and oxygen atoms in total. The number of ether oxygens (including phenoxy) is 2. The molecule has 0 aliphatic heterocycles. The molecular weight excluding hydrogens is 386 g/mol. The normalized spacial score (nSPS) is 14.7. The number of aromatic nitrogens is 2. The van der Waals surface area contributed by atoms with Crippen molar-refractivity contribution in [3.8, 4) is 11.5 Å². The maximum absolute atomic E-state index is 13.5. The Morgan fingerprint density at radius 1 is 1.14 bits per heavy atom. The third-order valence-electron chi connectivity index (χ3n) is 5.41. The van der Waals surface area contributed by atoms with E-state index in [4.69, 9.17) is 14.5 Å². The van der Waals surface area contributed by atoms with Gasteiger partial charge in [0.1, 0.15) is 21.7 Å². The quantitative estimate of drug-likeness (QED) is 0.582. The van der Waals surface area contributed by atoms with Gasteiger partial charge in [0.25, 0.3) is 0 Å². The van der Waals surface area contributed by atoms with E-state index in [1.807, 2.05) is 29.2 Å². The first-order valence-corrected chi connectivity index (χ1v) is 10.7. The monoisotopic (exact) mass is 411 g/mol. The Morgan fingerprint density at radius 3 is 2.59 bits per heavy atom. The van der Waals surface area contributed by atoms with Crippen LogP contribution >= 0.6 is 11.3 Å². The van der Waals surface area contributed by atoms with Crippen LogP contribution in [0.3, 0.4) is 0 Å². The minimum Gasteiger partial charge on any atom is -0.495 e. The van der Waals surface area contributed by atoms with Crippen molar-refractivity contribution in [3.05, 3.63) is 42.2 Å². The predicted octanol–water partition coefficient (Wildman–Crippen LogP) is 4.82. The molecule has 0 radical (unpaired) electrons. The summed E-state index contributed by atoms with van der Waals surface area (Å²) in [7, 11) is 3.27. The standard InChI is InChI=1S/C22H25N3O3S/c1-27-17-10-11-18(28-2)20-19(17)24-22(29-20)25(14-15-7-6-12-23-13-15)21(26)16-8-4-3-5-9-16/h6-7,10-13,16H,3-5,8-9,14H2,1-2H3. The third-order valence-corrected chi connectivity index (χ3v) is 6.51. The van der Waals surface area contributed by atoms with Crippen LogP contribution < -0.4 is 14.4 Å². The highest BCUT2D eigenvalue weighted by molar-refractivity contribution is 7.22. The highest BCUT2D eigenvalue weighted by Gasteiger charge is 2.29. The number of hydrogen-bond acceptors (Lipinski definition) is 6. The van der Waals surface area contributed by atoms with Crippen molar-refractivity contribution in [1.29, 1.82) is 0 Å². The van der Waals surface area contributed by atoms with Gasteiger partial charge >= 0.3 is 0 Å². The summed E-state index contributed by atoms with van der Waals surface area (Å²) in [6.45, 7) is 0.452. The minimum atomic E-state index is 0.0521. The molecule has 7 heteroatoms. The highest BCUT2D eigenvalue weighted by atomic mass is 32.1. The molecule has 4 rings (SSSR count). The molecule has 1 aromatic carbocycles. The van der Waals surface area contributed by atoms with E-state index in [0.29, 0.717) is 17.4 Å². The van der Waals surface area contributed by atoms with Gasteiger partial charge in [-0.1, -0.05) is 36.7 Å². The van der Waals surface area contributed by atoms with Crippen molar-refractivity contribution in [2.24, 2.45) is 5.92 Å². The van der Waals surface area contributed by atoms with Crippen molar-refractivity contribution >= 4 is 32.6 Å². The van der Waals surface area contributed by atoms with Crippen LogP contribution in [0, 0.1) is 5.92 Å². The third kappa shape index (κ3) is 4.05. The summed E-state index contributed by atoms with van der Waals surface area (Å²) in [5, 5.41) is 0.669. The summed E-state index contributed by atoms with van der Waals surface area (Å²) >= 11 is 1.47. The van der Waals surface area contributed by atoms with Gasteiger partial charge in [0.2, 0.25) is 5.91 Å². The molecule has 1 amide bonds. The molecule has 0 atom stereocenters. The fraction of sp³-hybridized carbons (Fsp3) is 0.409. The largest absolute Gasteiger partial charge is 0.495 e. The molecule has 2 aromatic heterocycles. The molecule has 2 heterocycles. The zero-order valence-corrected chi connectivity index (χ0v) is 17.6. The number of carbonyl (C=O) groups is 1. The van der Waals surface area contributed by atoms with Crippen LogP contribution in [0.4, 0.5) is 5.13 Å². The number of anilines is 1. The van der Waals surface area contributed by atoms with Crippen molar-refractivity contribution in [2.75, 3.05) is 19.1 Å². The van der Waals surface area contributed by atoms with Crippen LogP contribution in [0.25, 0.3) is 10.2 Å². The smallest absolute Gasteiger partial charge is 0.232 e. The zero-order chi connectivity index (χ0) is 20.2. The Hall–Kier alpha value is -2.67. The van der Waals surface area contributed by atoms with Gasteiger partial charge in [-0.2, -0.15) is 0 Å². The molecule has 0 saturated heterocycles. The Morgan fingerprint density at radius 2 is 1.90 bits per heavy atom. The van der Waals surface area contributed by atoms with E-state index in [9.17, 15) is 4.79 Å². The van der Waals surface area contributed by atoms with Crippen LogP contribution in [0.5, 0.6) is 11.5 Å². The SMILES string of the molecule is COc1ccc(OC)c2sc(N(Cc3cccnc3)C(=O)C3CCCCC3)nc12. The fourth-order valence-electron chi connectivity index (χ4n) is 3.87. The van der Waals surface area contributed by atoms with E-state index in [2.05, 4.69) is 4.98 Å². The minimum absolute atomic E-state index is 0.0521. The predicted molar refractivity (Wildman–Crippen MR) is 115 cm³/mol. The topological polar surface area (TPSA) is 64.6 Å². The number of hydrogen-bond donors (Lipinski definition) is 0. The van der Waals surface area contributed by atoms with Crippen molar-refractivity contribution in [3.63, 3.8) is 0 Å². The summed E-state index contributed by atoms with van der Waals surface area (Å²) in [6.07, 6.45) is 8.86. The van der Waals surface area contributed by atoms with Crippen molar-refractivity contribution in [2.45, 2.75) is 38.6 Å². The van der Waals surface area contributed by atoms with E-state index in [1.54, 1.807) is 26.6 Å². The first-order valence-electron chi connectivity index (χ1n) is 9.93. The Labute approximate surface area is 174 Å². The van der Waals surface area contributed by atoms with Gasteiger partial charge in [-0.25, -0.2) is 4.98 Å². The van der Waals surface area contributed by atoms with E-state index < -0.39 is 0 Å². The van der Waals surface area contributed by atoms with E-state index >= 15 is 0 Å². The van der Waals surface area contributed by atoms with Gasteiger partial charge in [-0.05, 0) is 36.6 Å². The molecular formula is C22H25N3O3S. The molecule has 3 aromatic rings. The number of nitrogens with zero attached hydrogens (tertiary/aromatic N) is 3. The number of pyridine rings is 1. The van der Waals surface area contributed by atoms with Crippen molar-refractivity contribution in [1.82, 2.24) is 9.97 Å². The number of benzene rings is 1. The van der Waals surface area contributed by atoms with Crippen LogP contribution in [-0.2, 0) is 11.3 Å². The van der Waals surface area contributed by atoms with Gasteiger partial charge in [0, 0.05) is 18.3 Å². The fourth-order valence-corrected chi connectivity index (χ4v) is 4.95. The van der Waals surface area contributed by atoms with Crippen LogP contribution in [-0.4, -0.2) is 30.1 Å². The molecule has 152 valence electrons. The molecule has 0 spiro atoms. The molecule has 0 bridgehead atoms. The summed E-state index contributed by atoms with van der Waals surface area (Å²) in [5.41, 5.74) is 1.70. The van der Waals surface area contributed by atoms with E-state index in [-0.39, 0.29) is 11.8 Å². The second-order valence-corrected chi connectivity index (χ2v) is 8.24. The Balaban J connectivity index is 1.76. The van der Waals surface area contributed by atoms with Gasteiger partial charge in [-0.3, -0.25) is 14.7 Å². The first kappa shape index (κ1) is 19.6. The van der Waals surface area contributed by atoms with Crippen LogP contribution in [0.15, 0.2) is 36.7 Å². The molecule has 1 aliphatic carbocycles. The Kier molecular flexibility index (Phi) is 5.94. The van der Waals surface area contributed by atoms with Crippen molar-refractivity contribution < 1.29 is 14.3 Å². The number of amides is 1. The maximum Gasteiger partial charge on any atom is 0.232 e. The van der Waals surface area contributed by atoms with Gasteiger partial charge in [-0.15, -0.1) is 0 Å². The maximum atomic E-state index is 13.5. The van der Waals surface area contributed by atoms with Crippen LogP contribution in [0.2, 0.25) is 0 Å². The van der Waals surface area contributed by atoms with Gasteiger partial charge in [0.15, 0.2) is 5.13 Å². The molecule has 29 heavy (non-hydrogen) atoms. The van der Waals surface area contributed by atoms with E-state index in [1.165, 1.54) is 17.8 Å². The number of methoxy groups -OCH3 is 2. The lowest BCUT2D eigenvalue weighted by Crippen LogP contribution is -2.36. The lowest BCUT2D eigenvalue weighted by molar-refractivity contribution is -0.123. The highest BCUT2D eigenvalue weighted by Crippen LogP contribution is 2.41. The second kappa shape index (κ2) is 8.78. The molecule has 1 saturated carbocycles. The molecule has 1 aliphatic rings. The summed E-state index contributed by atoms with van der Waals surface area (Å²) in [6, 6.07) is 7.60. The number of thiazole rings is 1. The number of rotatable bonds is 6. The first-order chi connectivity index (χ1) is 14.2. The molecule has 0 unspecified atom stereocenters. The zero-order valence-electron chi connectivity index (χ0n) is 16.8. The number of carbonyl (C=O) groups excluding carboxylic acids is 1. The lowest BCUT2D eigenvalue weighted by atomic mass is 9.88. The lowest BCUT2D eigenvalue weighted by Gasteiger charge is -2.27.